The van der Waals surface area contributed by atoms with Crippen molar-refractivity contribution in [2.75, 3.05) is 7.11 Å². The smallest absolute Gasteiger partial charge is 0.316 e. The highest BCUT2D eigenvalue weighted by Crippen LogP contribution is 2.21. The third kappa shape index (κ3) is 2.03. The lowest BCUT2D eigenvalue weighted by molar-refractivity contribution is 0.380. The van der Waals surface area contributed by atoms with Crippen LogP contribution in [0.2, 0.25) is 0 Å². The first-order valence-corrected chi connectivity index (χ1v) is 5.62. The van der Waals surface area contributed by atoms with Gasteiger partial charge >= 0.3 is 6.01 Å². The van der Waals surface area contributed by atoms with Crippen LogP contribution in [0.25, 0.3) is 22.0 Å². The highest BCUT2D eigenvalue weighted by molar-refractivity contribution is 5.83. The molecule has 0 radical (unpaired) electrons. The number of aromatic amines is 1. The van der Waals surface area contributed by atoms with Gasteiger partial charge in [0.2, 0.25) is 0 Å². The van der Waals surface area contributed by atoms with Gasteiger partial charge in [-0.2, -0.15) is 0 Å². The number of aromatic nitrogens is 4. The van der Waals surface area contributed by atoms with Crippen molar-refractivity contribution in [2.45, 2.75) is 0 Å². The molecule has 0 bridgehead atoms. The summed E-state index contributed by atoms with van der Waals surface area (Å²) in [6.07, 6.45) is 4.72. The van der Waals surface area contributed by atoms with Crippen LogP contribution in [0, 0.1) is 0 Å². The van der Waals surface area contributed by atoms with Gasteiger partial charge in [0.1, 0.15) is 0 Å². The molecule has 2 heterocycles. The van der Waals surface area contributed by atoms with Crippen LogP contribution in [0.4, 0.5) is 0 Å². The Labute approximate surface area is 108 Å². The molecule has 0 atom stereocenters. The zero-order chi connectivity index (χ0) is 13.2. The lowest BCUT2D eigenvalue weighted by atomic mass is 10.1. The van der Waals surface area contributed by atoms with Crippen LogP contribution in [-0.2, 0) is 0 Å². The van der Waals surface area contributed by atoms with Gasteiger partial charge in [-0.25, -0.2) is 15.0 Å². The maximum absolute atomic E-state index is 11.6. The maximum Gasteiger partial charge on any atom is 0.316 e. The lowest BCUT2D eigenvalue weighted by Gasteiger charge is -2.03. The second kappa shape index (κ2) is 4.49. The molecular formula is C13H10N4O2. The van der Waals surface area contributed by atoms with Gasteiger partial charge in [0.25, 0.3) is 5.56 Å². The Hall–Kier alpha value is -2.76. The number of H-pyrrole nitrogens is 1. The van der Waals surface area contributed by atoms with Gasteiger partial charge in [-0.1, -0.05) is 6.07 Å². The van der Waals surface area contributed by atoms with E-state index in [9.17, 15) is 4.79 Å². The Morgan fingerprint density at radius 2 is 1.89 bits per heavy atom. The quantitative estimate of drug-likeness (QED) is 0.747. The molecule has 0 amide bonds. The third-order valence-corrected chi connectivity index (χ3v) is 2.79. The van der Waals surface area contributed by atoms with Gasteiger partial charge in [-0.05, 0) is 17.7 Å². The Balaban J connectivity index is 2.12. The minimum Gasteiger partial charge on any atom is -0.467 e. The number of hydrogen-bond acceptors (Lipinski definition) is 5. The predicted molar refractivity (Wildman–Crippen MR) is 69.9 cm³/mol. The summed E-state index contributed by atoms with van der Waals surface area (Å²) >= 11 is 0. The minimum atomic E-state index is -0.150. The van der Waals surface area contributed by atoms with E-state index < -0.39 is 0 Å². The first kappa shape index (κ1) is 11.3. The van der Waals surface area contributed by atoms with Crippen LogP contribution in [0.1, 0.15) is 0 Å². The van der Waals surface area contributed by atoms with E-state index in [4.69, 9.17) is 4.74 Å². The van der Waals surface area contributed by atoms with E-state index in [1.807, 2.05) is 12.1 Å². The molecule has 94 valence electrons. The summed E-state index contributed by atoms with van der Waals surface area (Å²) in [6.45, 7) is 0. The third-order valence-electron chi connectivity index (χ3n) is 2.79. The van der Waals surface area contributed by atoms with Crippen LogP contribution in [-0.4, -0.2) is 27.0 Å². The molecule has 3 rings (SSSR count). The SMILES string of the molecule is COc1ncc(-c2ccc3c(=O)[nH]cnc3c2)cn1. The fourth-order valence-electron chi connectivity index (χ4n) is 1.82. The molecule has 1 aromatic carbocycles. The van der Waals surface area contributed by atoms with Crippen molar-refractivity contribution in [3.8, 4) is 17.1 Å². The molecule has 0 aliphatic carbocycles. The number of nitrogens with zero attached hydrogens (tertiary/aromatic N) is 3. The molecular weight excluding hydrogens is 244 g/mol. The van der Waals surface area contributed by atoms with E-state index in [0.29, 0.717) is 16.9 Å². The molecule has 0 saturated carbocycles. The van der Waals surface area contributed by atoms with E-state index in [2.05, 4.69) is 19.9 Å². The van der Waals surface area contributed by atoms with E-state index >= 15 is 0 Å². The predicted octanol–water partition coefficient (Wildman–Crippen LogP) is 1.39. The monoisotopic (exact) mass is 254 g/mol. The largest absolute Gasteiger partial charge is 0.467 e. The lowest BCUT2D eigenvalue weighted by Crippen LogP contribution is -2.05. The Kier molecular flexibility index (Phi) is 2.68. The number of fused-ring (bicyclic) bond motifs is 1. The Bertz CT molecular complexity index is 781. The first-order chi connectivity index (χ1) is 9.28. The number of ether oxygens (including phenoxy) is 1. The van der Waals surface area contributed by atoms with Crippen molar-refractivity contribution in [3.63, 3.8) is 0 Å². The van der Waals surface area contributed by atoms with Gasteiger partial charge in [0.15, 0.2) is 0 Å². The zero-order valence-electron chi connectivity index (χ0n) is 10.1. The number of nitrogens with one attached hydrogen (secondary N) is 1. The fraction of sp³-hybridized carbons (Fsp3) is 0.0769. The molecule has 19 heavy (non-hydrogen) atoms. The first-order valence-electron chi connectivity index (χ1n) is 5.62. The number of methoxy groups -OCH3 is 1. The van der Waals surface area contributed by atoms with Gasteiger partial charge in [0.05, 0.1) is 24.3 Å². The van der Waals surface area contributed by atoms with Crippen molar-refractivity contribution < 1.29 is 4.74 Å². The topological polar surface area (TPSA) is 80.8 Å². The summed E-state index contributed by atoms with van der Waals surface area (Å²) in [5.41, 5.74) is 2.22. The zero-order valence-corrected chi connectivity index (χ0v) is 10.1. The summed E-state index contributed by atoms with van der Waals surface area (Å²) in [5, 5.41) is 0.556. The second-order valence-electron chi connectivity index (χ2n) is 3.92. The number of rotatable bonds is 2. The molecule has 6 nitrogen and oxygen atoms in total. The van der Waals surface area contributed by atoms with E-state index in [-0.39, 0.29) is 5.56 Å². The fourth-order valence-corrected chi connectivity index (χ4v) is 1.82. The van der Waals surface area contributed by atoms with E-state index in [0.717, 1.165) is 11.1 Å². The second-order valence-corrected chi connectivity index (χ2v) is 3.92. The standard InChI is InChI=1S/C13H10N4O2/c1-19-13-14-5-9(6-15-13)8-2-3-10-11(4-8)16-7-17-12(10)18/h2-7H,1H3,(H,16,17,18). The maximum atomic E-state index is 11.6. The number of benzene rings is 1. The van der Waals surface area contributed by atoms with Gasteiger partial charge in [-0.3, -0.25) is 4.79 Å². The molecule has 0 saturated heterocycles. The number of hydrogen-bond donors (Lipinski definition) is 1. The molecule has 0 unspecified atom stereocenters. The average molecular weight is 254 g/mol. The summed E-state index contributed by atoms with van der Waals surface area (Å²) < 4.78 is 4.91. The molecule has 3 aromatic rings. The molecule has 0 aliphatic heterocycles. The summed E-state index contributed by atoms with van der Waals surface area (Å²) in [6, 6.07) is 5.72. The summed E-state index contributed by atoms with van der Waals surface area (Å²) in [4.78, 5) is 26.4. The van der Waals surface area contributed by atoms with Crippen molar-refractivity contribution >= 4 is 10.9 Å². The Morgan fingerprint density at radius 3 is 2.63 bits per heavy atom. The van der Waals surface area contributed by atoms with E-state index in [1.165, 1.54) is 13.4 Å². The van der Waals surface area contributed by atoms with Crippen LogP contribution in [0.5, 0.6) is 6.01 Å². The minimum absolute atomic E-state index is 0.150. The van der Waals surface area contributed by atoms with Crippen LogP contribution < -0.4 is 10.3 Å². The van der Waals surface area contributed by atoms with Crippen LogP contribution in [0.15, 0.2) is 41.7 Å². The normalized spacial score (nSPS) is 10.6. The van der Waals surface area contributed by atoms with Gasteiger partial charge < -0.3 is 9.72 Å². The highest BCUT2D eigenvalue weighted by atomic mass is 16.5. The van der Waals surface area contributed by atoms with E-state index in [1.54, 1.807) is 18.5 Å². The Morgan fingerprint density at radius 1 is 1.11 bits per heavy atom. The van der Waals surface area contributed by atoms with Crippen molar-refractivity contribution in [1.29, 1.82) is 0 Å². The van der Waals surface area contributed by atoms with Gasteiger partial charge in [-0.15, -0.1) is 0 Å². The summed E-state index contributed by atoms with van der Waals surface area (Å²) in [7, 11) is 1.52. The van der Waals surface area contributed by atoms with Crippen molar-refractivity contribution in [2.24, 2.45) is 0 Å². The van der Waals surface area contributed by atoms with Crippen LogP contribution in [0.3, 0.4) is 0 Å². The molecule has 0 spiro atoms. The van der Waals surface area contributed by atoms with Crippen molar-refractivity contribution in [1.82, 2.24) is 19.9 Å². The molecule has 6 heteroatoms. The summed E-state index contributed by atoms with van der Waals surface area (Å²) in [5.74, 6) is 0. The highest BCUT2D eigenvalue weighted by Gasteiger charge is 2.04. The molecule has 0 fully saturated rings. The molecule has 2 aromatic heterocycles. The molecule has 1 N–H and O–H groups in total. The molecule has 0 aliphatic rings. The van der Waals surface area contributed by atoms with Crippen molar-refractivity contribution in [3.05, 3.63) is 47.3 Å². The van der Waals surface area contributed by atoms with Gasteiger partial charge in [0, 0.05) is 18.0 Å². The average Bonchev–Trinajstić information content (AvgIpc) is 2.47. The van der Waals surface area contributed by atoms with Crippen LogP contribution >= 0.6 is 0 Å².